The fraction of sp³-hybridized carbons (Fsp3) is 0.545. The molecule has 0 aliphatic carbocycles. The number of rotatable bonds is 6. The van der Waals surface area contributed by atoms with Crippen LogP contribution in [0, 0.1) is 0 Å². The zero-order chi connectivity index (χ0) is 11.1. The van der Waals surface area contributed by atoms with E-state index < -0.39 is 0 Å². The Bertz CT molecular complexity index is 264. The minimum Gasteiger partial charge on any atom is -0.329 e. The largest absolute Gasteiger partial charge is 0.329 e. The third-order valence-electron chi connectivity index (χ3n) is 2.09. The van der Waals surface area contributed by atoms with E-state index in [4.69, 9.17) is 5.73 Å². The predicted octanol–water partition coefficient (Wildman–Crippen LogP) is 1.38. The van der Waals surface area contributed by atoms with Crippen LogP contribution in [-0.2, 0) is 0 Å². The Hall–Kier alpha value is -0.580. The van der Waals surface area contributed by atoms with Crippen molar-refractivity contribution >= 4 is 11.8 Å². The maximum absolute atomic E-state index is 5.75. The summed E-state index contributed by atoms with van der Waals surface area (Å²) < 4.78 is 0. The molecule has 15 heavy (non-hydrogen) atoms. The van der Waals surface area contributed by atoms with Gasteiger partial charge in [0.15, 0.2) is 0 Å². The second kappa shape index (κ2) is 6.82. The van der Waals surface area contributed by atoms with Crippen LogP contribution in [0.25, 0.3) is 0 Å². The van der Waals surface area contributed by atoms with E-state index in [1.54, 1.807) is 0 Å². The van der Waals surface area contributed by atoms with E-state index in [1.807, 2.05) is 36.2 Å². The molecule has 0 saturated carbocycles. The first-order valence-electron chi connectivity index (χ1n) is 5.11. The average Bonchev–Trinajstić information content (AvgIpc) is 2.25. The number of pyridine rings is 1. The lowest BCUT2D eigenvalue weighted by atomic mass is 10.3. The third kappa shape index (κ3) is 4.64. The van der Waals surface area contributed by atoms with Crippen LogP contribution in [0.15, 0.2) is 24.4 Å². The molecule has 1 heterocycles. The van der Waals surface area contributed by atoms with Gasteiger partial charge < -0.3 is 10.6 Å². The van der Waals surface area contributed by atoms with E-state index in [1.165, 1.54) is 0 Å². The van der Waals surface area contributed by atoms with Crippen molar-refractivity contribution in [3.05, 3.63) is 30.1 Å². The monoisotopic (exact) mass is 225 g/mol. The Morgan fingerprint density at radius 1 is 1.47 bits per heavy atom. The molecule has 0 saturated heterocycles. The highest BCUT2D eigenvalue weighted by atomic mass is 32.2. The standard InChI is InChI=1S/C11H19N3S/c1-14(2)7-8-15-11(9-12)10-5-3-4-6-13-10/h3-6,11H,7-9,12H2,1-2H3. The maximum Gasteiger partial charge on any atom is 0.0592 e. The minimum absolute atomic E-state index is 0.325. The fourth-order valence-corrected chi connectivity index (χ4v) is 2.42. The van der Waals surface area contributed by atoms with Gasteiger partial charge in [-0.15, -0.1) is 11.8 Å². The van der Waals surface area contributed by atoms with Crippen molar-refractivity contribution in [3.8, 4) is 0 Å². The summed E-state index contributed by atoms with van der Waals surface area (Å²) in [5, 5.41) is 0.325. The van der Waals surface area contributed by atoms with Gasteiger partial charge in [0.2, 0.25) is 0 Å². The highest BCUT2D eigenvalue weighted by Gasteiger charge is 2.10. The van der Waals surface area contributed by atoms with Crippen molar-refractivity contribution in [2.45, 2.75) is 5.25 Å². The summed E-state index contributed by atoms with van der Waals surface area (Å²) >= 11 is 1.87. The SMILES string of the molecule is CN(C)CCSC(CN)c1ccccn1. The minimum atomic E-state index is 0.325. The molecule has 0 fully saturated rings. The summed E-state index contributed by atoms with van der Waals surface area (Å²) in [6.45, 7) is 1.73. The van der Waals surface area contributed by atoms with Crippen LogP contribution in [0.3, 0.4) is 0 Å². The van der Waals surface area contributed by atoms with Crippen LogP contribution < -0.4 is 5.73 Å². The molecule has 1 aromatic heterocycles. The quantitative estimate of drug-likeness (QED) is 0.794. The molecule has 4 heteroatoms. The van der Waals surface area contributed by atoms with Gasteiger partial charge in [0.1, 0.15) is 0 Å². The predicted molar refractivity (Wildman–Crippen MR) is 67.0 cm³/mol. The van der Waals surface area contributed by atoms with E-state index in [2.05, 4.69) is 24.0 Å². The zero-order valence-corrected chi connectivity index (χ0v) is 10.2. The smallest absolute Gasteiger partial charge is 0.0592 e. The van der Waals surface area contributed by atoms with E-state index in [9.17, 15) is 0 Å². The lowest BCUT2D eigenvalue weighted by Gasteiger charge is -2.15. The molecule has 0 amide bonds. The van der Waals surface area contributed by atoms with Gasteiger partial charge in [0.25, 0.3) is 0 Å². The summed E-state index contributed by atoms with van der Waals surface area (Å²) in [4.78, 5) is 6.51. The summed E-state index contributed by atoms with van der Waals surface area (Å²) in [5.41, 5.74) is 6.83. The Labute approximate surface area is 96.1 Å². The van der Waals surface area contributed by atoms with Gasteiger partial charge in [-0.05, 0) is 26.2 Å². The first-order valence-corrected chi connectivity index (χ1v) is 6.16. The molecule has 0 aliphatic rings. The van der Waals surface area contributed by atoms with Crippen LogP contribution in [0.4, 0.5) is 0 Å². The van der Waals surface area contributed by atoms with Gasteiger partial charge in [-0.1, -0.05) is 6.07 Å². The second-order valence-corrected chi connectivity index (χ2v) is 4.96. The Balaban J connectivity index is 2.43. The van der Waals surface area contributed by atoms with E-state index in [-0.39, 0.29) is 0 Å². The highest BCUT2D eigenvalue weighted by Crippen LogP contribution is 2.25. The van der Waals surface area contributed by atoms with E-state index in [0.29, 0.717) is 11.8 Å². The zero-order valence-electron chi connectivity index (χ0n) is 9.39. The number of nitrogens with zero attached hydrogens (tertiary/aromatic N) is 2. The van der Waals surface area contributed by atoms with Gasteiger partial charge in [-0.25, -0.2) is 0 Å². The molecule has 1 rings (SSSR count). The summed E-state index contributed by atoms with van der Waals surface area (Å²) in [5.74, 6) is 1.09. The first-order chi connectivity index (χ1) is 7.24. The lowest BCUT2D eigenvalue weighted by Crippen LogP contribution is -2.17. The molecule has 84 valence electrons. The molecule has 0 bridgehead atoms. The molecule has 0 spiro atoms. The van der Waals surface area contributed by atoms with E-state index in [0.717, 1.165) is 18.0 Å². The van der Waals surface area contributed by atoms with E-state index >= 15 is 0 Å². The number of hydrogen-bond acceptors (Lipinski definition) is 4. The normalized spacial score (nSPS) is 13.1. The lowest BCUT2D eigenvalue weighted by molar-refractivity contribution is 0.437. The van der Waals surface area contributed by atoms with Crippen LogP contribution >= 0.6 is 11.8 Å². The summed E-state index contributed by atoms with van der Waals surface area (Å²) in [6.07, 6.45) is 1.82. The molecule has 3 nitrogen and oxygen atoms in total. The van der Waals surface area contributed by atoms with Crippen molar-refractivity contribution in [2.24, 2.45) is 5.73 Å². The Morgan fingerprint density at radius 2 is 2.27 bits per heavy atom. The maximum atomic E-state index is 5.75. The molecule has 0 aromatic carbocycles. The van der Waals surface area contributed by atoms with Crippen LogP contribution in [0.1, 0.15) is 10.9 Å². The average molecular weight is 225 g/mol. The summed E-state index contributed by atoms with van der Waals surface area (Å²) in [7, 11) is 4.16. The van der Waals surface area contributed by atoms with Crippen molar-refractivity contribution in [1.82, 2.24) is 9.88 Å². The van der Waals surface area contributed by atoms with Gasteiger partial charge >= 0.3 is 0 Å². The molecular formula is C11H19N3S. The Kier molecular flexibility index (Phi) is 5.68. The number of thioether (sulfide) groups is 1. The summed E-state index contributed by atoms with van der Waals surface area (Å²) in [6, 6.07) is 5.99. The Morgan fingerprint density at radius 3 is 2.80 bits per heavy atom. The van der Waals surface area contributed by atoms with Crippen LogP contribution in [0.5, 0.6) is 0 Å². The topological polar surface area (TPSA) is 42.1 Å². The molecule has 0 aliphatic heterocycles. The van der Waals surface area contributed by atoms with Crippen molar-refractivity contribution < 1.29 is 0 Å². The van der Waals surface area contributed by atoms with Gasteiger partial charge in [-0.3, -0.25) is 4.98 Å². The van der Waals surface area contributed by atoms with Crippen molar-refractivity contribution in [3.63, 3.8) is 0 Å². The number of hydrogen-bond donors (Lipinski definition) is 1. The van der Waals surface area contributed by atoms with Gasteiger partial charge in [0.05, 0.1) is 10.9 Å². The fourth-order valence-electron chi connectivity index (χ4n) is 1.22. The van der Waals surface area contributed by atoms with Crippen LogP contribution in [-0.4, -0.2) is 42.8 Å². The molecular weight excluding hydrogens is 206 g/mol. The van der Waals surface area contributed by atoms with Crippen molar-refractivity contribution in [1.29, 1.82) is 0 Å². The van der Waals surface area contributed by atoms with Crippen LogP contribution in [0.2, 0.25) is 0 Å². The molecule has 0 radical (unpaired) electrons. The van der Waals surface area contributed by atoms with Crippen molar-refractivity contribution in [2.75, 3.05) is 32.9 Å². The number of aromatic nitrogens is 1. The first kappa shape index (κ1) is 12.5. The van der Waals surface area contributed by atoms with Gasteiger partial charge in [0, 0.05) is 25.0 Å². The molecule has 1 unspecified atom stereocenters. The highest BCUT2D eigenvalue weighted by molar-refractivity contribution is 7.99. The van der Waals surface area contributed by atoms with Gasteiger partial charge in [-0.2, -0.15) is 0 Å². The second-order valence-electron chi connectivity index (χ2n) is 3.65. The number of nitrogens with two attached hydrogens (primary N) is 1. The third-order valence-corrected chi connectivity index (χ3v) is 3.34. The molecule has 1 atom stereocenters. The molecule has 2 N–H and O–H groups in total. The molecule has 1 aromatic rings.